The number of benzene rings is 1. The molecule has 0 saturated carbocycles. The van der Waals surface area contributed by atoms with Crippen LogP contribution >= 0.6 is 0 Å². The minimum absolute atomic E-state index is 0.0833. The molecule has 1 rings (SSSR count). The van der Waals surface area contributed by atoms with Gasteiger partial charge in [0, 0.05) is 12.6 Å². The van der Waals surface area contributed by atoms with Gasteiger partial charge in [-0.15, -0.1) is 0 Å². The first kappa shape index (κ1) is 48.8. The van der Waals surface area contributed by atoms with Gasteiger partial charge in [-0.1, -0.05) is 0 Å². The first-order valence-electron chi connectivity index (χ1n) is 17.6. The molecule has 0 aromatic heterocycles. The maximum atomic E-state index is 11.1. The van der Waals surface area contributed by atoms with Crippen LogP contribution in [-0.4, -0.2) is 188 Å². The van der Waals surface area contributed by atoms with Crippen LogP contribution in [-0.2, 0) is 66.4 Å². The lowest BCUT2D eigenvalue weighted by molar-refractivity contribution is -0.393. The molecule has 0 fully saturated rings. The highest BCUT2D eigenvalue weighted by Gasteiger charge is 2.19. The number of anilines is 1. The van der Waals surface area contributed by atoms with E-state index >= 15 is 0 Å². The average Bonchev–Trinajstić information content (AvgIpc) is 3.17. The fourth-order valence-corrected chi connectivity index (χ4v) is 3.83. The summed E-state index contributed by atoms with van der Waals surface area (Å²) in [5, 5.41) is 24.8. The number of nitrogens with zero attached hydrogens (tertiary/aromatic N) is 2. The Kier molecular flexibility index (Phi) is 33.2. The van der Waals surface area contributed by atoms with Crippen molar-refractivity contribution in [3.8, 4) is 0 Å². The van der Waals surface area contributed by atoms with Crippen molar-refractivity contribution >= 4 is 23.0 Å². The standard InChI is InChI=1S/C33H57N3O18/c1-42-33(37)29-54-27-26-53-25-24-52-23-22-51-21-20-50-19-18-49-17-16-48-15-14-47-13-12-46-11-10-45-9-8-44-7-6-43-5-4-34-31-3-2-30(35(38)39)28-32(31)36(40)41/h2-3,28,34H,4-27,29H2,1H3. The molecule has 1 aromatic carbocycles. The molecule has 21 nitrogen and oxygen atoms in total. The van der Waals surface area contributed by atoms with E-state index in [0.717, 1.165) is 6.07 Å². The molecule has 0 bridgehead atoms. The molecular weight excluding hydrogens is 726 g/mol. The molecule has 0 aliphatic heterocycles. The quantitative estimate of drug-likeness (QED) is 0.0426. The summed E-state index contributed by atoms with van der Waals surface area (Å²) in [4.78, 5) is 31.5. The van der Waals surface area contributed by atoms with Gasteiger partial charge in [0.1, 0.15) is 12.3 Å². The second-order valence-corrected chi connectivity index (χ2v) is 10.5. The minimum atomic E-state index is -0.684. The third-order valence-electron chi connectivity index (χ3n) is 6.49. The van der Waals surface area contributed by atoms with Gasteiger partial charge < -0.3 is 66.9 Å². The van der Waals surface area contributed by atoms with Gasteiger partial charge in [0.2, 0.25) is 0 Å². The van der Waals surface area contributed by atoms with Crippen molar-refractivity contribution in [1.29, 1.82) is 0 Å². The van der Waals surface area contributed by atoms with Gasteiger partial charge in [-0.25, -0.2) is 4.79 Å². The predicted molar refractivity (Wildman–Crippen MR) is 190 cm³/mol. The van der Waals surface area contributed by atoms with Crippen LogP contribution in [0.2, 0.25) is 0 Å². The van der Waals surface area contributed by atoms with E-state index in [4.69, 9.17) is 56.8 Å². The van der Waals surface area contributed by atoms with Crippen molar-refractivity contribution in [2.75, 3.05) is 178 Å². The predicted octanol–water partition coefficient (Wildman–Crippen LogP) is 1.29. The normalized spacial score (nSPS) is 11.2. The van der Waals surface area contributed by atoms with E-state index in [-0.39, 0.29) is 36.8 Å². The number of hydrogen-bond donors (Lipinski definition) is 1. The smallest absolute Gasteiger partial charge is 0.331 e. The summed E-state index contributed by atoms with van der Waals surface area (Å²) >= 11 is 0. The van der Waals surface area contributed by atoms with Crippen LogP contribution in [0, 0.1) is 20.2 Å². The van der Waals surface area contributed by atoms with Gasteiger partial charge in [0.25, 0.3) is 11.4 Å². The molecule has 0 aliphatic carbocycles. The third-order valence-corrected chi connectivity index (χ3v) is 6.49. The molecule has 312 valence electrons. The number of non-ortho nitro benzene ring substituents is 1. The number of esters is 1. The zero-order valence-electron chi connectivity index (χ0n) is 31.2. The second kappa shape index (κ2) is 36.8. The van der Waals surface area contributed by atoms with Crippen molar-refractivity contribution < 1.29 is 76.2 Å². The highest BCUT2D eigenvalue weighted by atomic mass is 16.6. The first-order chi connectivity index (χ1) is 26.5. The number of nitro groups is 2. The van der Waals surface area contributed by atoms with Gasteiger partial charge >= 0.3 is 5.97 Å². The van der Waals surface area contributed by atoms with Crippen LogP contribution in [0.25, 0.3) is 0 Å². The Morgan fingerprint density at radius 1 is 0.500 bits per heavy atom. The van der Waals surface area contributed by atoms with Crippen LogP contribution in [0.5, 0.6) is 0 Å². The summed E-state index contributed by atoms with van der Waals surface area (Å²) in [6.07, 6.45) is 0. The van der Waals surface area contributed by atoms with Gasteiger partial charge in [-0.05, 0) is 6.07 Å². The van der Waals surface area contributed by atoms with E-state index in [1.165, 1.54) is 19.2 Å². The number of carbonyl (C=O) groups is 1. The van der Waals surface area contributed by atoms with Crippen molar-refractivity contribution in [2.45, 2.75) is 0 Å². The molecule has 0 amide bonds. The molecule has 1 N–H and O–H groups in total. The third kappa shape index (κ3) is 30.2. The van der Waals surface area contributed by atoms with E-state index < -0.39 is 15.8 Å². The summed E-state index contributed by atoms with van der Waals surface area (Å²) in [6, 6.07) is 3.42. The maximum absolute atomic E-state index is 11.1. The Morgan fingerprint density at radius 2 is 0.815 bits per heavy atom. The summed E-state index contributed by atoms with van der Waals surface area (Å²) < 4.78 is 69.2. The molecular formula is C33H57N3O18. The Hall–Kier alpha value is -3.19. The van der Waals surface area contributed by atoms with E-state index in [2.05, 4.69) is 10.1 Å². The molecule has 0 aliphatic rings. The molecule has 0 radical (unpaired) electrons. The summed E-state index contributed by atoms with van der Waals surface area (Å²) in [6.45, 7) is 9.90. The zero-order valence-corrected chi connectivity index (χ0v) is 31.2. The monoisotopic (exact) mass is 783 g/mol. The lowest BCUT2D eigenvalue weighted by Gasteiger charge is -2.09. The topological polar surface area (TPSA) is 235 Å². The highest BCUT2D eigenvalue weighted by Crippen LogP contribution is 2.28. The number of hydrogen-bond acceptors (Lipinski definition) is 19. The number of rotatable bonds is 41. The Morgan fingerprint density at radius 3 is 1.11 bits per heavy atom. The number of ether oxygens (including phenoxy) is 13. The average molecular weight is 784 g/mol. The second-order valence-electron chi connectivity index (χ2n) is 10.5. The highest BCUT2D eigenvalue weighted by molar-refractivity contribution is 5.70. The fraction of sp³-hybridized carbons (Fsp3) is 0.788. The summed E-state index contributed by atoms with van der Waals surface area (Å²) in [5.41, 5.74) is -0.539. The lowest BCUT2D eigenvalue weighted by Crippen LogP contribution is -2.16. The van der Waals surface area contributed by atoms with E-state index in [1.54, 1.807) is 0 Å². The Labute approximate surface area is 315 Å². The van der Waals surface area contributed by atoms with Crippen LogP contribution in [0.15, 0.2) is 18.2 Å². The first-order valence-corrected chi connectivity index (χ1v) is 17.6. The van der Waals surface area contributed by atoms with Crippen molar-refractivity contribution in [1.82, 2.24) is 0 Å². The van der Waals surface area contributed by atoms with Gasteiger partial charge in [-0.2, -0.15) is 0 Å². The molecule has 0 unspecified atom stereocenters. The van der Waals surface area contributed by atoms with E-state index in [1.807, 2.05) is 0 Å². The van der Waals surface area contributed by atoms with Crippen molar-refractivity contribution in [2.24, 2.45) is 0 Å². The molecule has 54 heavy (non-hydrogen) atoms. The van der Waals surface area contributed by atoms with Crippen LogP contribution in [0.4, 0.5) is 17.1 Å². The number of carbonyl (C=O) groups excluding carboxylic acids is 1. The van der Waals surface area contributed by atoms with E-state index in [9.17, 15) is 25.0 Å². The molecule has 0 atom stereocenters. The van der Waals surface area contributed by atoms with Gasteiger partial charge in [0.15, 0.2) is 0 Å². The molecule has 0 saturated heterocycles. The van der Waals surface area contributed by atoms with Crippen LogP contribution in [0.1, 0.15) is 0 Å². The SMILES string of the molecule is COC(=O)COCCOCCOCCOCCOCCOCCOCCOCCOCCOCCOCCOCCNc1ccc([N+](=O)[O-])cc1[N+](=O)[O-]. The van der Waals surface area contributed by atoms with Crippen LogP contribution < -0.4 is 5.32 Å². The molecule has 0 heterocycles. The molecule has 1 aromatic rings. The van der Waals surface area contributed by atoms with Crippen molar-refractivity contribution in [3.63, 3.8) is 0 Å². The zero-order chi connectivity index (χ0) is 39.2. The summed E-state index contributed by atoms with van der Waals surface area (Å²) in [5.74, 6) is -0.419. The van der Waals surface area contributed by atoms with E-state index in [0.29, 0.717) is 145 Å². The summed E-state index contributed by atoms with van der Waals surface area (Å²) in [7, 11) is 1.31. The Balaban J connectivity index is 1.70. The number of methoxy groups -OCH3 is 1. The minimum Gasteiger partial charge on any atom is -0.467 e. The number of nitro benzene ring substituents is 2. The Bertz CT molecular complexity index is 1070. The van der Waals surface area contributed by atoms with Gasteiger partial charge in [-0.3, -0.25) is 20.2 Å². The lowest BCUT2D eigenvalue weighted by atomic mass is 10.2. The van der Waals surface area contributed by atoms with Crippen LogP contribution in [0.3, 0.4) is 0 Å². The maximum Gasteiger partial charge on any atom is 0.331 e. The number of nitrogens with one attached hydrogen (secondary N) is 1. The fourth-order valence-electron chi connectivity index (χ4n) is 3.83. The molecule has 0 spiro atoms. The van der Waals surface area contributed by atoms with Crippen molar-refractivity contribution in [3.05, 3.63) is 38.4 Å². The largest absolute Gasteiger partial charge is 0.467 e. The van der Waals surface area contributed by atoms with Gasteiger partial charge in [0.05, 0.1) is 175 Å². The molecule has 21 heteroatoms.